The highest BCUT2D eigenvalue weighted by Crippen LogP contribution is 2.46. The third kappa shape index (κ3) is 5.71. The van der Waals surface area contributed by atoms with Gasteiger partial charge in [0.15, 0.2) is 17.2 Å². The predicted molar refractivity (Wildman–Crippen MR) is 173 cm³/mol. The van der Waals surface area contributed by atoms with Crippen LogP contribution in [-0.4, -0.2) is 67.7 Å². The molecule has 1 saturated carbocycles. The summed E-state index contributed by atoms with van der Waals surface area (Å²) >= 11 is 0. The molecule has 256 valence electrons. The summed E-state index contributed by atoms with van der Waals surface area (Å²) in [5.41, 5.74) is 0.851. The maximum Gasteiger partial charge on any atom is 0.434 e. The molecule has 50 heavy (non-hydrogen) atoms. The summed E-state index contributed by atoms with van der Waals surface area (Å²) < 4.78 is 49.0. The number of nitrogens with zero attached hydrogens (tertiary/aromatic N) is 8. The fraction of sp³-hybridized carbons (Fsp3) is 0.265. The fourth-order valence-electron chi connectivity index (χ4n) is 5.89. The minimum absolute atomic E-state index is 0.00584. The molecule has 7 rings (SSSR count). The number of methoxy groups -OCH3 is 1. The lowest BCUT2D eigenvalue weighted by Crippen LogP contribution is -2.06. The average molecular weight is 687 g/mol. The number of imidazole rings is 1. The minimum Gasteiger partial charge on any atom is -0.507 e. The number of aromatic nitrogens is 8. The molecule has 1 fully saturated rings. The Morgan fingerprint density at radius 1 is 1.00 bits per heavy atom. The van der Waals surface area contributed by atoms with Gasteiger partial charge < -0.3 is 24.6 Å². The van der Waals surface area contributed by atoms with Gasteiger partial charge in [-0.15, -0.1) is 0 Å². The molecule has 1 aliphatic rings. The number of benzene rings is 2. The van der Waals surface area contributed by atoms with E-state index in [1.54, 1.807) is 38.1 Å². The zero-order chi connectivity index (χ0) is 35.5. The number of ether oxygens (including phenoxy) is 1. The van der Waals surface area contributed by atoms with Crippen LogP contribution in [0.4, 0.5) is 13.2 Å². The molecule has 0 unspecified atom stereocenters. The van der Waals surface area contributed by atoms with Crippen LogP contribution in [-0.2, 0) is 12.7 Å². The van der Waals surface area contributed by atoms with Crippen molar-refractivity contribution in [1.82, 2.24) is 39.3 Å². The molecular weight excluding hydrogens is 657 g/mol. The van der Waals surface area contributed by atoms with Crippen LogP contribution in [0.15, 0.2) is 55.1 Å². The normalized spacial score (nSPS) is 13.3. The van der Waals surface area contributed by atoms with Crippen LogP contribution in [0.3, 0.4) is 0 Å². The lowest BCUT2D eigenvalue weighted by atomic mass is 10.0. The second-order valence-electron chi connectivity index (χ2n) is 12.2. The van der Waals surface area contributed by atoms with Crippen molar-refractivity contribution in [3.63, 3.8) is 0 Å². The van der Waals surface area contributed by atoms with E-state index < -0.39 is 34.9 Å². The summed E-state index contributed by atoms with van der Waals surface area (Å²) in [5, 5.41) is 36.2. The molecule has 3 N–H and O–H groups in total. The number of rotatable bonds is 9. The van der Waals surface area contributed by atoms with Crippen LogP contribution in [0.25, 0.3) is 45.1 Å². The molecule has 16 heteroatoms. The molecule has 4 aromatic heterocycles. The highest BCUT2D eigenvalue weighted by atomic mass is 19.4. The van der Waals surface area contributed by atoms with Crippen LogP contribution < -0.4 is 4.74 Å². The summed E-state index contributed by atoms with van der Waals surface area (Å²) in [7, 11) is 1.47. The van der Waals surface area contributed by atoms with Crippen LogP contribution in [0.2, 0.25) is 0 Å². The van der Waals surface area contributed by atoms with Gasteiger partial charge in [-0.2, -0.15) is 18.3 Å². The Bertz CT molecular complexity index is 2280. The highest BCUT2D eigenvalue weighted by molar-refractivity contribution is 6.04. The van der Waals surface area contributed by atoms with E-state index in [-0.39, 0.29) is 58.3 Å². The largest absolute Gasteiger partial charge is 0.507 e. The number of carboxylic acid groups (broad SMARTS) is 1. The second-order valence-corrected chi connectivity index (χ2v) is 12.2. The predicted octanol–water partition coefficient (Wildman–Crippen LogP) is 6.46. The van der Waals surface area contributed by atoms with E-state index in [4.69, 9.17) is 9.72 Å². The Balaban J connectivity index is 1.37. The van der Waals surface area contributed by atoms with Crippen LogP contribution in [0.5, 0.6) is 17.4 Å². The third-order valence-electron chi connectivity index (χ3n) is 8.45. The second kappa shape index (κ2) is 12.1. The van der Waals surface area contributed by atoms with Gasteiger partial charge in [-0.05, 0) is 44.4 Å². The van der Waals surface area contributed by atoms with Gasteiger partial charge in [0.2, 0.25) is 5.88 Å². The Hall–Kier alpha value is -6.06. The SMILES string of the molecule is COc1ncnc(C2CC2)c1-c1ncc2c(-c3c(O)ccc(O)c3C(=O)O)nn(Cc3ccc(-c4nc(C(F)(F)F)cn4C(C)C)cc3)c2n1. The van der Waals surface area contributed by atoms with Crippen molar-refractivity contribution in [2.24, 2.45) is 0 Å². The van der Waals surface area contributed by atoms with Crippen molar-refractivity contribution in [1.29, 1.82) is 0 Å². The van der Waals surface area contributed by atoms with Crippen molar-refractivity contribution in [2.45, 2.75) is 51.4 Å². The third-order valence-corrected chi connectivity index (χ3v) is 8.45. The average Bonchev–Trinajstić information content (AvgIpc) is 3.73. The zero-order valence-corrected chi connectivity index (χ0v) is 26.8. The van der Waals surface area contributed by atoms with E-state index in [0.29, 0.717) is 16.7 Å². The molecule has 4 heterocycles. The van der Waals surface area contributed by atoms with E-state index in [0.717, 1.165) is 36.9 Å². The van der Waals surface area contributed by atoms with Gasteiger partial charge in [0.25, 0.3) is 0 Å². The molecule has 0 bridgehead atoms. The first kappa shape index (κ1) is 32.5. The van der Waals surface area contributed by atoms with Gasteiger partial charge in [0, 0.05) is 29.9 Å². The van der Waals surface area contributed by atoms with Crippen molar-refractivity contribution in [2.75, 3.05) is 7.11 Å². The summed E-state index contributed by atoms with van der Waals surface area (Å²) in [5.74, 6) is -1.65. The molecule has 0 spiro atoms. The summed E-state index contributed by atoms with van der Waals surface area (Å²) in [6.45, 7) is 3.60. The smallest absolute Gasteiger partial charge is 0.434 e. The number of halogens is 3. The van der Waals surface area contributed by atoms with Crippen LogP contribution in [0, 0.1) is 0 Å². The van der Waals surface area contributed by atoms with Crippen LogP contribution >= 0.6 is 0 Å². The van der Waals surface area contributed by atoms with Gasteiger partial charge in [-0.25, -0.2) is 34.4 Å². The molecule has 6 aromatic rings. The number of carbonyl (C=O) groups is 1. The van der Waals surface area contributed by atoms with Crippen molar-refractivity contribution in [3.05, 3.63) is 77.6 Å². The molecule has 0 amide bonds. The molecule has 0 radical (unpaired) electrons. The number of carboxylic acids is 1. The first-order valence-electron chi connectivity index (χ1n) is 15.5. The Labute approximate surface area is 281 Å². The number of phenolic OH excluding ortho intramolecular Hbond substituents is 1. The summed E-state index contributed by atoms with van der Waals surface area (Å²) in [6, 6.07) is 8.68. The van der Waals surface area contributed by atoms with E-state index in [1.807, 2.05) is 0 Å². The molecule has 0 aliphatic heterocycles. The maximum absolute atomic E-state index is 13.5. The van der Waals surface area contributed by atoms with Crippen molar-refractivity contribution in [3.8, 4) is 51.4 Å². The first-order valence-corrected chi connectivity index (χ1v) is 15.5. The standard InChI is InChI=1S/C34H29F3N8O5/c1-16(2)44-14-23(34(35,36)37)41-30(44)19-6-4-17(5-7-19)13-45-31-20(28(43-45)24-21(46)10-11-22(47)25(24)33(48)49)12-38-29(42-31)26-27(18-8-9-18)39-15-40-32(26)50-3/h4-7,10-12,14-16,18,46-47H,8-9,13H2,1-3H3,(H,48,49). The summed E-state index contributed by atoms with van der Waals surface area (Å²) in [6.07, 6.45) is 1.10. The van der Waals surface area contributed by atoms with E-state index in [9.17, 15) is 33.3 Å². The van der Waals surface area contributed by atoms with E-state index in [1.165, 1.54) is 28.9 Å². The number of fused-ring (bicyclic) bond motifs is 1. The number of alkyl halides is 3. The maximum atomic E-state index is 13.5. The molecule has 1 aliphatic carbocycles. The Kier molecular flexibility index (Phi) is 7.87. The number of hydrogen-bond acceptors (Lipinski definition) is 10. The topological polar surface area (TPSA) is 174 Å². The molecule has 0 atom stereocenters. The van der Waals surface area contributed by atoms with Gasteiger partial charge in [0.1, 0.15) is 40.5 Å². The molecule has 2 aromatic carbocycles. The monoisotopic (exact) mass is 686 g/mol. The highest BCUT2D eigenvalue weighted by Gasteiger charge is 2.36. The van der Waals surface area contributed by atoms with Gasteiger partial charge in [0.05, 0.1) is 30.3 Å². The number of hydrogen-bond donors (Lipinski definition) is 3. The van der Waals surface area contributed by atoms with Gasteiger partial charge >= 0.3 is 12.1 Å². The summed E-state index contributed by atoms with van der Waals surface area (Å²) in [4.78, 5) is 34.3. The van der Waals surface area contributed by atoms with E-state index in [2.05, 4.69) is 25.0 Å². The lowest BCUT2D eigenvalue weighted by molar-refractivity contribution is -0.140. The fourth-order valence-corrected chi connectivity index (χ4v) is 5.89. The zero-order valence-electron chi connectivity index (χ0n) is 26.8. The van der Waals surface area contributed by atoms with Crippen molar-refractivity contribution < 1.29 is 38.0 Å². The van der Waals surface area contributed by atoms with Crippen molar-refractivity contribution >= 4 is 17.0 Å². The quantitative estimate of drug-likeness (QED) is 0.143. The van der Waals surface area contributed by atoms with Gasteiger partial charge in [-0.1, -0.05) is 24.3 Å². The minimum atomic E-state index is -4.60. The molecule has 13 nitrogen and oxygen atoms in total. The van der Waals surface area contributed by atoms with Gasteiger partial charge in [-0.3, -0.25) is 0 Å². The Morgan fingerprint density at radius 2 is 1.72 bits per heavy atom. The lowest BCUT2D eigenvalue weighted by Gasteiger charge is -2.12. The molecule has 0 saturated heterocycles. The number of phenols is 2. The molecular formula is C34H29F3N8O5. The number of aromatic hydroxyl groups is 2. The number of aromatic carboxylic acids is 1. The van der Waals surface area contributed by atoms with E-state index >= 15 is 0 Å². The Morgan fingerprint density at radius 3 is 2.36 bits per heavy atom. The van der Waals surface area contributed by atoms with Crippen LogP contribution in [0.1, 0.15) is 66.0 Å². The first-order chi connectivity index (χ1) is 23.8.